The molecule has 5 heteroatoms. The number of rotatable bonds is 3. The van der Waals surface area contributed by atoms with Crippen LogP contribution in [0.1, 0.15) is 27.2 Å². The third kappa shape index (κ3) is 3.94. The van der Waals surface area contributed by atoms with Gasteiger partial charge in [-0.05, 0) is 5.41 Å². The van der Waals surface area contributed by atoms with E-state index in [1.54, 1.807) is 12.4 Å². The summed E-state index contributed by atoms with van der Waals surface area (Å²) < 4.78 is 0. The SMILES string of the molecule is CC(C)(C)C(N)CC(=O)Nc1cncnc1. The summed E-state index contributed by atoms with van der Waals surface area (Å²) in [7, 11) is 0. The van der Waals surface area contributed by atoms with Crippen molar-refractivity contribution in [2.75, 3.05) is 5.32 Å². The second-order valence-electron chi connectivity index (χ2n) is 4.85. The third-order valence-electron chi connectivity index (χ3n) is 2.36. The average molecular weight is 222 g/mol. The smallest absolute Gasteiger partial charge is 0.226 e. The minimum absolute atomic E-state index is 0.0788. The number of nitrogens with one attached hydrogen (secondary N) is 1. The number of hydrogen-bond donors (Lipinski definition) is 2. The highest BCUT2D eigenvalue weighted by Crippen LogP contribution is 2.20. The van der Waals surface area contributed by atoms with Crippen LogP contribution >= 0.6 is 0 Å². The molecule has 1 aromatic heterocycles. The van der Waals surface area contributed by atoms with Gasteiger partial charge in [0, 0.05) is 12.5 Å². The highest BCUT2D eigenvalue weighted by molar-refractivity contribution is 5.90. The Morgan fingerprint density at radius 2 is 2.00 bits per heavy atom. The van der Waals surface area contributed by atoms with Gasteiger partial charge in [0.15, 0.2) is 0 Å². The molecule has 0 radical (unpaired) electrons. The van der Waals surface area contributed by atoms with Gasteiger partial charge in [-0.3, -0.25) is 4.79 Å². The summed E-state index contributed by atoms with van der Waals surface area (Å²) in [5.41, 5.74) is 6.43. The van der Waals surface area contributed by atoms with Crippen molar-refractivity contribution in [2.45, 2.75) is 33.2 Å². The summed E-state index contributed by atoms with van der Waals surface area (Å²) in [6.45, 7) is 6.03. The van der Waals surface area contributed by atoms with Crippen molar-refractivity contribution in [1.29, 1.82) is 0 Å². The quantitative estimate of drug-likeness (QED) is 0.804. The maximum atomic E-state index is 11.6. The van der Waals surface area contributed by atoms with Crippen molar-refractivity contribution >= 4 is 11.6 Å². The number of carbonyl (C=O) groups excluding carboxylic acids is 1. The zero-order chi connectivity index (χ0) is 12.2. The highest BCUT2D eigenvalue weighted by Gasteiger charge is 2.23. The molecule has 1 rings (SSSR count). The normalized spacial score (nSPS) is 13.2. The monoisotopic (exact) mass is 222 g/mol. The van der Waals surface area contributed by atoms with Crippen LogP contribution in [0.5, 0.6) is 0 Å². The number of nitrogens with two attached hydrogens (primary N) is 1. The lowest BCUT2D eigenvalue weighted by molar-refractivity contribution is -0.117. The average Bonchev–Trinajstić information content (AvgIpc) is 2.17. The zero-order valence-corrected chi connectivity index (χ0v) is 9.90. The maximum Gasteiger partial charge on any atom is 0.226 e. The van der Waals surface area contributed by atoms with Crippen molar-refractivity contribution in [3.05, 3.63) is 18.7 Å². The summed E-state index contributed by atoms with van der Waals surface area (Å²) in [5.74, 6) is -0.114. The van der Waals surface area contributed by atoms with Crippen LogP contribution in [0.4, 0.5) is 5.69 Å². The van der Waals surface area contributed by atoms with Gasteiger partial charge in [-0.1, -0.05) is 20.8 Å². The molecule has 0 aromatic carbocycles. The molecule has 0 aliphatic rings. The van der Waals surface area contributed by atoms with E-state index in [1.807, 2.05) is 20.8 Å². The molecule has 5 nitrogen and oxygen atoms in total. The molecule has 0 aliphatic carbocycles. The molecule has 16 heavy (non-hydrogen) atoms. The summed E-state index contributed by atoms with van der Waals surface area (Å²) in [6.07, 6.45) is 4.80. The maximum absolute atomic E-state index is 11.6. The molecule has 1 atom stereocenters. The Kier molecular flexibility index (Phi) is 3.95. The lowest BCUT2D eigenvalue weighted by Crippen LogP contribution is -2.38. The minimum Gasteiger partial charge on any atom is -0.327 e. The van der Waals surface area contributed by atoms with Crippen molar-refractivity contribution in [3.8, 4) is 0 Å². The Morgan fingerprint density at radius 1 is 1.44 bits per heavy atom. The second kappa shape index (κ2) is 5.03. The fourth-order valence-corrected chi connectivity index (χ4v) is 1.08. The van der Waals surface area contributed by atoms with Gasteiger partial charge in [-0.25, -0.2) is 9.97 Å². The second-order valence-corrected chi connectivity index (χ2v) is 4.85. The Bertz CT molecular complexity index is 345. The Balaban J connectivity index is 2.49. The first kappa shape index (κ1) is 12.6. The Labute approximate surface area is 95.5 Å². The van der Waals surface area contributed by atoms with Crippen LogP contribution in [0.2, 0.25) is 0 Å². The van der Waals surface area contributed by atoms with Crippen LogP contribution in [0.25, 0.3) is 0 Å². The standard InChI is InChI=1S/C11H18N4O/c1-11(2,3)9(12)4-10(16)15-8-5-13-7-14-6-8/h5-7,9H,4,12H2,1-3H3,(H,15,16). The number of amides is 1. The molecule has 1 amide bonds. The van der Waals surface area contributed by atoms with Gasteiger partial charge >= 0.3 is 0 Å². The van der Waals surface area contributed by atoms with Crippen LogP contribution in [0, 0.1) is 5.41 Å². The van der Waals surface area contributed by atoms with Gasteiger partial charge in [-0.15, -0.1) is 0 Å². The van der Waals surface area contributed by atoms with Gasteiger partial charge < -0.3 is 11.1 Å². The summed E-state index contributed by atoms with van der Waals surface area (Å²) in [6, 6.07) is -0.169. The van der Waals surface area contributed by atoms with Crippen LogP contribution < -0.4 is 11.1 Å². The molecule has 1 heterocycles. The minimum atomic E-state index is -0.169. The van der Waals surface area contributed by atoms with Gasteiger partial charge in [-0.2, -0.15) is 0 Å². The van der Waals surface area contributed by atoms with E-state index >= 15 is 0 Å². The fourth-order valence-electron chi connectivity index (χ4n) is 1.08. The first-order valence-electron chi connectivity index (χ1n) is 5.20. The van der Waals surface area contributed by atoms with E-state index in [-0.39, 0.29) is 17.4 Å². The van der Waals surface area contributed by atoms with Crippen LogP contribution in [0.3, 0.4) is 0 Å². The lowest BCUT2D eigenvalue weighted by Gasteiger charge is -2.26. The van der Waals surface area contributed by atoms with E-state index in [4.69, 9.17) is 5.73 Å². The molecule has 3 N–H and O–H groups in total. The number of anilines is 1. The van der Waals surface area contributed by atoms with Crippen LogP contribution in [-0.4, -0.2) is 21.9 Å². The third-order valence-corrected chi connectivity index (χ3v) is 2.36. The fraction of sp³-hybridized carbons (Fsp3) is 0.545. The number of nitrogens with zero attached hydrogens (tertiary/aromatic N) is 2. The van der Waals surface area contributed by atoms with Gasteiger partial charge in [0.25, 0.3) is 0 Å². The van der Waals surface area contributed by atoms with Crippen molar-refractivity contribution < 1.29 is 4.79 Å². The number of aromatic nitrogens is 2. The topological polar surface area (TPSA) is 80.9 Å². The number of hydrogen-bond acceptors (Lipinski definition) is 4. The largest absolute Gasteiger partial charge is 0.327 e. The van der Waals surface area contributed by atoms with Crippen molar-refractivity contribution in [3.63, 3.8) is 0 Å². The molecular formula is C11H18N4O. The van der Waals surface area contributed by atoms with E-state index in [9.17, 15) is 4.79 Å². The molecule has 0 fully saturated rings. The predicted octanol–water partition coefficient (Wildman–Crippen LogP) is 1.18. The first-order valence-corrected chi connectivity index (χ1v) is 5.20. The molecule has 0 bridgehead atoms. The van der Waals surface area contributed by atoms with E-state index < -0.39 is 0 Å². The van der Waals surface area contributed by atoms with Crippen LogP contribution in [0.15, 0.2) is 18.7 Å². The predicted molar refractivity (Wildman–Crippen MR) is 62.7 cm³/mol. The number of carbonyl (C=O) groups is 1. The summed E-state index contributed by atoms with van der Waals surface area (Å²) in [4.78, 5) is 19.2. The Morgan fingerprint density at radius 3 is 2.50 bits per heavy atom. The van der Waals surface area contributed by atoms with Gasteiger partial charge in [0.2, 0.25) is 5.91 Å². The highest BCUT2D eigenvalue weighted by atomic mass is 16.1. The molecule has 0 saturated carbocycles. The molecule has 1 aromatic rings. The van der Waals surface area contributed by atoms with Crippen molar-refractivity contribution in [2.24, 2.45) is 11.1 Å². The first-order chi connectivity index (χ1) is 7.39. The summed E-state index contributed by atoms with van der Waals surface area (Å²) in [5, 5.41) is 2.70. The molecule has 0 saturated heterocycles. The molecule has 88 valence electrons. The van der Waals surface area contributed by atoms with Gasteiger partial charge in [0.05, 0.1) is 18.1 Å². The van der Waals surface area contributed by atoms with E-state index in [0.29, 0.717) is 12.1 Å². The summed E-state index contributed by atoms with van der Waals surface area (Å²) >= 11 is 0. The van der Waals surface area contributed by atoms with E-state index in [2.05, 4.69) is 15.3 Å². The Hall–Kier alpha value is -1.49. The van der Waals surface area contributed by atoms with Gasteiger partial charge in [0.1, 0.15) is 6.33 Å². The molecule has 1 unspecified atom stereocenters. The molecule has 0 aliphatic heterocycles. The van der Waals surface area contributed by atoms with E-state index in [1.165, 1.54) is 6.33 Å². The molecular weight excluding hydrogens is 204 g/mol. The van der Waals surface area contributed by atoms with E-state index in [0.717, 1.165) is 0 Å². The van der Waals surface area contributed by atoms with Crippen molar-refractivity contribution in [1.82, 2.24) is 9.97 Å². The zero-order valence-electron chi connectivity index (χ0n) is 9.90. The van der Waals surface area contributed by atoms with Crippen LogP contribution in [-0.2, 0) is 4.79 Å². The molecule has 0 spiro atoms. The lowest BCUT2D eigenvalue weighted by atomic mass is 9.85.